The molecule has 2 saturated heterocycles. The van der Waals surface area contributed by atoms with Gasteiger partial charge in [-0.25, -0.2) is 0 Å². The zero-order valence-corrected chi connectivity index (χ0v) is 15.8. The summed E-state index contributed by atoms with van der Waals surface area (Å²) in [5.41, 5.74) is 1.86. The minimum atomic E-state index is 0.154. The summed E-state index contributed by atoms with van der Waals surface area (Å²) in [4.78, 5) is 20.7. The van der Waals surface area contributed by atoms with Crippen LogP contribution >= 0.6 is 0 Å². The molecule has 2 aliphatic rings. The van der Waals surface area contributed by atoms with E-state index in [4.69, 9.17) is 4.74 Å². The Morgan fingerprint density at radius 1 is 1.23 bits per heavy atom. The van der Waals surface area contributed by atoms with Crippen LogP contribution in [0.15, 0.2) is 30.5 Å². The highest BCUT2D eigenvalue weighted by atomic mass is 16.5. The van der Waals surface area contributed by atoms with Crippen LogP contribution in [0, 0.1) is 5.92 Å². The SMILES string of the molecule is CC(C)CN(C1CCOCC1)C1CN(C(=O)c2ccc3[nH]ccc3c2)C1. The summed E-state index contributed by atoms with van der Waals surface area (Å²) in [6.07, 6.45) is 4.14. The first-order valence-electron chi connectivity index (χ1n) is 9.81. The number of benzene rings is 1. The molecule has 5 heteroatoms. The maximum atomic E-state index is 12.8. The highest BCUT2D eigenvalue weighted by Crippen LogP contribution is 2.26. The summed E-state index contributed by atoms with van der Waals surface area (Å²) in [7, 11) is 0. The number of nitrogens with zero attached hydrogens (tertiary/aromatic N) is 2. The second-order valence-corrected chi connectivity index (χ2v) is 8.08. The first-order valence-corrected chi connectivity index (χ1v) is 9.81. The number of ether oxygens (including phenoxy) is 1. The molecule has 0 saturated carbocycles. The van der Waals surface area contributed by atoms with Gasteiger partial charge in [-0.15, -0.1) is 0 Å². The minimum Gasteiger partial charge on any atom is -0.381 e. The molecule has 0 aliphatic carbocycles. The predicted octanol–water partition coefficient (Wildman–Crippen LogP) is 3.13. The molecule has 2 fully saturated rings. The minimum absolute atomic E-state index is 0.154. The third kappa shape index (κ3) is 3.51. The van der Waals surface area contributed by atoms with E-state index in [1.54, 1.807) is 0 Å². The number of carbonyl (C=O) groups is 1. The Hall–Kier alpha value is -1.85. The monoisotopic (exact) mass is 355 g/mol. The summed E-state index contributed by atoms with van der Waals surface area (Å²) in [5.74, 6) is 0.791. The van der Waals surface area contributed by atoms with Gasteiger partial charge in [0.05, 0.1) is 0 Å². The Kier molecular flexibility index (Phi) is 5.00. The van der Waals surface area contributed by atoms with Crippen molar-refractivity contribution in [2.75, 3.05) is 32.8 Å². The van der Waals surface area contributed by atoms with Crippen molar-refractivity contribution in [1.29, 1.82) is 0 Å². The number of amides is 1. The third-order valence-corrected chi connectivity index (χ3v) is 5.65. The molecule has 4 rings (SSSR count). The standard InChI is InChI=1S/C21H29N3O2/c1-15(2)12-24(18-6-9-26-10-7-18)19-13-23(14-19)21(25)17-3-4-20-16(11-17)5-8-22-20/h3-5,8,11,15,18-19,22H,6-7,9-10,12-14H2,1-2H3. The van der Waals surface area contributed by atoms with E-state index in [2.05, 4.69) is 23.7 Å². The molecule has 2 aliphatic heterocycles. The Morgan fingerprint density at radius 2 is 2.00 bits per heavy atom. The van der Waals surface area contributed by atoms with E-state index in [0.717, 1.165) is 62.2 Å². The Bertz CT molecular complexity index is 757. The smallest absolute Gasteiger partial charge is 0.253 e. The van der Waals surface area contributed by atoms with Gasteiger partial charge in [-0.2, -0.15) is 0 Å². The molecule has 0 spiro atoms. The molecule has 0 bridgehead atoms. The van der Waals surface area contributed by atoms with Crippen LogP contribution in [0.25, 0.3) is 10.9 Å². The van der Waals surface area contributed by atoms with Crippen LogP contribution in [0.2, 0.25) is 0 Å². The van der Waals surface area contributed by atoms with Gasteiger partial charge in [-0.05, 0) is 43.0 Å². The van der Waals surface area contributed by atoms with E-state index >= 15 is 0 Å². The van der Waals surface area contributed by atoms with Crippen molar-refractivity contribution in [3.8, 4) is 0 Å². The van der Waals surface area contributed by atoms with Crippen LogP contribution in [0.4, 0.5) is 0 Å². The number of nitrogens with one attached hydrogen (secondary N) is 1. The summed E-state index contributed by atoms with van der Waals surface area (Å²) in [6, 6.07) is 9.02. The van der Waals surface area contributed by atoms with Crippen LogP contribution in [-0.2, 0) is 4.74 Å². The molecule has 2 aromatic rings. The van der Waals surface area contributed by atoms with Crippen molar-refractivity contribution < 1.29 is 9.53 Å². The summed E-state index contributed by atoms with van der Waals surface area (Å²) in [5, 5.41) is 1.09. The van der Waals surface area contributed by atoms with Crippen molar-refractivity contribution in [1.82, 2.24) is 14.8 Å². The predicted molar refractivity (Wildman–Crippen MR) is 103 cm³/mol. The van der Waals surface area contributed by atoms with Gasteiger partial charge in [0.2, 0.25) is 0 Å². The topological polar surface area (TPSA) is 48.6 Å². The Labute approximate surface area is 155 Å². The zero-order chi connectivity index (χ0) is 18.1. The lowest BCUT2D eigenvalue weighted by Gasteiger charge is -2.49. The maximum absolute atomic E-state index is 12.8. The van der Waals surface area contributed by atoms with Gasteiger partial charge in [-0.1, -0.05) is 13.8 Å². The fourth-order valence-electron chi connectivity index (χ4n) is 4.23. The number of rotatable bonds is 5. The first-order chi connectivity index (χ1) is 12.6. The molecule has 26 heavy (non-hydrogen) atoms. The van der Waals surface area contributed by atoms with Crippen LogP contribution < -0.4 is 0 Å². The lowest BCUT2D eigenvalue weighted by molar-refractivity contribution is -0.0293. The zero-order valence-electron chi connectivity index (χ0n) is 15.8. The molecular weight excluding hydrogens is 326 g/mol. The number of carbonyl (C=O) groups excluding carboxylic acids is 1. The van der Waals surface area contributed by atoms with Crippen LogP contribution in [0.3, 0.4) is 0 Å². The fraction of sp³-hybridized carbons (Fsp3) is 0.571. The van der Waals surface area contributed by atoms with Gasteiger partial charge >= 0.3 is 0 Å². The van der Waals surface area contributed by atoms with E-state index in [1.165, 1.54) is 0 Å². The van der Waals surface area contributed by atoms with E-state index in [1.807, 2.05) is 35.4 Å². The van der Waals surface area contributed by atoms with Crippen molar-refractivity contribution in [3.05, 3.63) is 36.0 Å². The van der Waals surface area contributed by atoms with Crippen LogP contribution in [0.1, 0.15) is 37.0 Å². The molecule has 140 valence electrons. The molecule has 1 amide bonds. The average Bonchev–Trinajstić information content (AvgIpc) is 3.07. The maximum Gasteiger partial charge on any atom is 0.253 e. The second kappa shape index (κ2) is 7.41. The Balaban J connectivity index is 1.41. The molecule has 0 atom stereocenters. The van der Waals surface area contributed by atoms with Gasteiger partial charge in [0, 0.05) is 67.6 Å². The van der Waals surface area contributed by atoms with Crippen molar-refractivity contribution in [2.45, 2.75) is 38.8 Å². The van der Waals surface area contributed by atoms with Gasteiger partial charge in [0.15, 0.2) is 0 Å². The molecule has 5 nitrogen and oxygen atoms in total. The number of likely N-dealkylation sites (tertiary alicyclic amines) is 1. The summed E-state index contributed by atoms with van der Waals surface area (Å²) in [6.45, 7) is 9.07. The van der Waals surface area contributed by atoms with Gasteiger partial charge in [0.25, 0.3) is 5.91 Å². The summed E-state index contributed by atoms with van der Waals surface area (Å²) >= 11 is 0. The number of H-pyrrole nitrogens is 1. The fourth-order valence-corrected chi connectivity index (χ4v) is 4.23. The first kappa shape index (κ1) is 17.6. The lowest BCUT2D eigenvalue weighted by atomic mass is 9.97. The van der Waals surface area contributed by atoms with Crippen molar-refractivity contribution in [3.63, 3.8) is 0 Å². The average molecular weight is 355 g/mol. The molecule has 1 N–H and O–H groups in total. The van der Waals surface area contributed by atoms with E-state index in [-0.39, 0.29) is 5.91 Å². The molecule has 0 unspecified atom stereocenters. The number of fused-ring (bicyclic) bond motifs is 1. The third-order valence-electron chi connectivity index (χ3n) is 5.65. The largest absolute Gasteiger partial charge is 0.381 e. The van der Waals surface area contributed by atoms with E-state index in [0.29, 0.717) is 18.0 Å². The van der Waals surface area contributed by atoms with Gasteiger partial charge < -0.3 is 14.6 Å². The van der Waals surface area contributed by atoms with Crippen LogP contribution in [-0.4, -0.2) is 65.6 Å². The molecular formula is C21H29N3O2. The van der Waals surface area contributed by atoms with Gasteiger partial charge in [0.1, 0.15) is 0 Å². The highest BCUT2D eigenvalue weighted by Gasteiger charge is 2.38. The summed E-state index contributed by atoms with van der Waals surface area (Å²) < 4.78 is 5.54. The number of aromatic amines is 1. The number of hydrogen-bond acceptors (Lipinski definition) is 3. The van der Waals surface area contributed by atoms with E-state index < -0.39 is 0 Å². The molecule has 3 heterocycles. The highest BCUT2D eigenvalue weighted by molar-refractivity contribution is 5.98. The quantitative estimate of drug-likeness (QED) is 0.896. The molecule has 0 radical (unpaired) electrons. The van der Waals surface area contributed by atoms with E-state index in [9.17, 15) is 4.79 Å². The second-order valence-electron chi connectivity index (χ2n) is 8.08. The molecule has 1 aromatic carbocycles. The number of aromatic nitrogens is 1. The van der Waals surface area contributed by atoms with Crippen LogP contribution in [0.5, 0.6) is 0 Å². The van der Waals surface area contributed by atoms with Crippen molar-refractivity contribution in [2.24, 2.45) is 5.92 Å². The molecule has 1 aromatic heterocycles. The normalized spacial score (nSPS) is 19.5. The van der Waals surface area contributed by atoms with Gasteiger partial charge in [-0.3, -0.25) is 9.69 Å². The Morgan fingerprint density at radius 3 is 2.73 bits per heavy atom. The lowest BCUT2D eigenvalue weighted by Crippen LogP contribution is -2.64. The van der Waals surface area contributed by atoms with Crippen molar-refractivity contribution >= 4 is 16.8 Å². The number of hydrogen-bond donors (Lipinski definition) is 1.